The zero-order chi connectivity index (χ0) is 18.4. The van der Waals surface area contributed by atoms with Gasteiger partial charge >= 0.3 is 18.2 Å². The van der Waals surface area contributed by atoms with Crippen molar-refractivity contribution >= 4 is 28.8 Å². The van der Waals surface area contributed by atoms with E-state index in [0.29, 0.717) is 5.56 Å². The van der Waals surface area contributed by atoms with Crippen LogP contribution in [0, 0.1) is 0 Å². The van der Waals surface area contributed by atoms with Gasteiger partial charge in [0.05, 0.1) is 6.42 Å². The zero-order valence-corrected chi connectivity index (χ0v) is 12.8. The van der Waals surface area contributed by atoms with E-state index in [4.69, 9.17) is 4.74 Å². The molecule has 0 aliphatic carbocycles. The number of H-pyrrole nitrogens is 1. The summed E-state index contributed by atoms with van der Waals surface area (Å²) >= 11 is 0. The number of hydrogen-bond donors (Lipinski definition) is 3. The van der Waals surface area contributed by atoms with Crippen LogP contribution in [0.2, 0.25) is 0 Å². The van der Waals surface area contributed by atoms with Crippen molar-refractivity contribution in [2.24, 2.45) is 0 Å². The smallest absolute Gasteiger partial charge is 0.405 e. The number of aromatic nitrogens is 1. The van der Waals surface area contributed by atoms with Gasteiger partial charge < -0.3 is 15.0 Å². The number of ether oxygens (including phenoxy) is 1. The second kappa shape index (κ2) is 7.69. The average molecular weight is 357 g/mol. The molecule has 0 atom stereocenters. The Kier molecular flexibility index (Phi) is 5.63. The Morgan fingerprint density at radius 2 is 1.88 bits per heavy atom. The van der Waals surface area contributed by atoms with Gasteiger partial charge in [-0.2, -0.15) is 13.2 Å². The first kappa shape index (κ1) is 18.3. The number of benzene rings is 1. The Morgan fingerprint density at radius 3 is 2.60 bits per heavy atom. The van der Waals surface area contributed by atoms with E-state index in [1.807, 2.05) is 18.2 Å². The van der Waals surface area contributed by atoms with Crippen LogP contribution >= 0.6 is 0 Å². The number of rotatable bonds is 5. The number of alkyl halides is 3. The van der Waals surface area contributed by atoms with Crippen LogP contribution in [0.5, 0.6) is 0 Å². The highest BCUT2D eigenvalue weighted by atomic mass is 19.4. The minimum Gasteiger partial charge on any atom is -0.455 e. The lowest BCUT2D eigenvalue weighted by Crippen LogP contribution is -2.44. The summed E-state index contributed by atoms with van der Waals surface area (Å²) in [6.45, 7) is -2.35. The molecule has 0 saturated heterocycles. The maximum Gasteiger partial charge on any atom is 0.405 e. The molecule has 0 unspecified atom stereocenters. The molecule has 1 heterocycles. The van der Waals surface area contributed by atoms with E-state index in [9.17, 15) is 27.6 Å². The molecule has 0 saturated carbocycles. The van der Waals surface area contributed by atoms with E-state index in [1.165, 1.54) is 5.32 Å². The van der Waals surface area contributed by atoms with Gasteiger partial charge in [-0.3, -0.25) is 14.9 Å². The third-order valence-corrected chi connectivity index (χ3v) is 3.08. The molecule has 2 aromatic rings. The molecule has 2 rings (SSSR count). The van der Waals surface area contributed by atoms with Gasteiger partial charge in [0.15, 0.2) is 6.61 Å². The van der Waals surface area contributed by atoms with E-state index in [2.05, 4.69) is 4.98 Å². The van der Waals surface area contributed by atoms with Crippen molar-refractivity contribution in [3.63, 3.8) is 0 Å². The first-order chi connectivity index (χ1) is 11.7. The topological polar surface area (TPSA) is 100 Å². The molecule has 0 aliphatic heterocycles. The second-order valence-electron chi connectivity index (χ2n) is 5.04. The molecular formula is C15H14F3N3O4. The monoisotopic (exact) mass is 357 g/mol. The maximum absolute atomic E-state index is 11.9. The normalized spacial score (nSPS) is 11.2. The van der Waals surface area contributed by atoms with E-state index >= 15 is 0 Å². The van der Waals surface area contributed by atoms with Gasteiger partial charge in [0.2, 0.25) is 0 Å². The number of hydrogen-bond acceptors (Lipinski definition) is 4. The first-order valence-electron chi connectivity index (χ1n) is 7.09. The highest BCUT2D eigenvalue weighted by molar-refractivity contribution is 5.95. The van der Waals surface area contributed by atoms with Crippen LogP contribution < -0.4 is 10.6 Å². The zero-order valence-electron chi connectivity index (χ0n) is 12.8. The van der Waals surface area contributed by atoms with Gasteiger partial charge in [-0.1, -0.05) is 18.2 Å². The summed E-state index contributed by atoms with van der Waals surface area (Å²) in [6, 6.07) is 5.95. The predicted molar refractivity (Wildman–Crippen MR) is 80.6 cm³/mol. The number of fused-ring (bicyclic) bond motifs is 1. The fourth-order valence-corrected chi connectivity index (χ4v) is 2.02. The molecule has 0 bridgehead atoms. The number of amides is 3. The lowest BCUT2D eigenvalue weighted by Gasteiger charge is -2.09. The first-order valence-corrected chi connectivity index (χ1v) is 7.09. The average Bonchev–Trinajstić information content (AvgIpc) is 2.94. The van der Waals surface area contributed by atoms with E-state index in [1.54, 1.807) is 17.6 Å². The second-order valence-corrected chi connectivity index (χ2v) is 5.04. The minimum absolute atomic E-state index is 0.0996. The number of aromatic amines is 1. The van der Waals surface area contributed by atoms with Crippen molar-refractivity contribution in [2.75, 3.05) is 13.2 Å². The van der Waals surface area contributed by atoms with Crippen LogP contribution in [-0.4, -0.2) is 42.2 Å². The Labute approximate surface area is 139 Å². The molecule has 1 aromatic carbocycles. The SMILES string of the molecule is O=C(COC(=O)Cc1c[nH]c2ccccc12)NC(=O)NCC(F)(F)F. The molecule has 1 aromatic heterocycles. The van der Waals surface area contributed by atoms with E-state index in [0.717, 1.165) is 10.9 Å². The number of para-hydroxylation sites is 1. The van der Waals surface area contributed by atoms with Crippen LogP contribution in [-0.2, 0) is 20.7 Å². The lowest BCUT2D eigenvalue weighted by molar-refractivity contribution is -0.147. The van der Waals surface area contributed by atoms with Crippen molar-refractivity contribution in [3.8, 4) is 0 Å². The number of carbonyl (C=O) groups excluding carboxylic acids is 3. The Morgan fingerprint density at radius 1 is 1.16 bits per heavy atom. The number of nitrogens with one attached hydrogen (secondary N) is 3. The molecule has 7 nitrogen and oxygen atoms in total. The molecular weight excluding hydrogens is 343 g/mol. The molecule has 10 heteroatoms. The Balaban J connectivity index is 1.76. The quantitative estimate of drug-likeness (QED) is 0.708. The summed E-state index contributed by atoms with van der Waals surface area (Å²) in [5.74, 6) is -1.75. The van der Waals surface area contributed by atoms with E-state index < -0.39 is 37.2 Å². The van der Waals surface area contributed by atoms with Gasteiger partial charge in [-0.05, 0) is 11.6 Å². The molecule has 0 spiro atoms. The summed E-state index contributed by atoms with van der Waals surface area (Å²) in [4.78, 5) is 37.1. The fourth-order valence-electron chi connectivity index (χ4n) is 2.02. The van der Waals surface area contributed by atoms with Crippen molar-refractivity contribution in [1.82, 2.24) is 15.6 Å². The van der Waals surface area contributed by atoms with Gasteiger partial charge in [-0.25, -0.2) is 4.79 Å². The van der Waals surface area contributed by atoms with E-state index in [-0.39, 0.29) is 6.42 Å². The Hall–Kier alpha value is -3.04. The molecule has 0 fully saturated rings. The lowest BCUT2D eigenvalue weighted by atomic mass is 10.1. The summed E-state index contributed by atoms with van der Waals surface area (Å²) in [5.41, 5.74) is 1.51. The van der Waals surface area contributed by atoms with Crippen molar-refractivity contribution in [2.45, 2.75) is 12.6 Å². The summed E-state index contributed by atoms with van der Waals surface area (Å²) in [6.07, 6.45) is -3.06. The predicted octanol–water partition coefficient (Wildman–Crippen LogP) is 1.64. The summed E-state index contributed by atoms with van der Waals surface area (Å²) in [5, 5.41) is 3.91. The highest BCUT2D eigenvalue weighted by Crippen LogP contribution is 2.18. The van der Waals surface area contributed by atoms with Gasteiger partial charge in [0, 0.05) is 17.1 Å². The van der Waals surface area contributed by atoms with Crippen molar-refractivity contribution < 1.29 is 32.3 Å². The molecule has 134 valence electrons. The van der Waals surface area contributed by atoms with Crippen molar-refractivity contribution in [3.05, 3.63) is 36.0 Å². The Bertz CT molecular complexity index is 786. The highest BCUT2D eigenvalue weighted by Gasteiger charge is 2.28. The number of urea groups is 1. The van der Waals surface area contributed by atoms with Crippen LogP contribution in [0.15, 0.2) is 30.5 Å². The van der Waals surface area contributed by atoms with Gasteiger partial charge in [-0.15, -0.1) is 0 Å². The summed E-state index contributed by atoms with van der Waals surface area (Å²) in [7, 11) is 0. The van der Waals surface area contributed by atoms with Gasteiger partial charge in [0.25, 0.3) is 5.91 Å². The fraction of sp³-hybridized carbons (Fsp3) is 0.267. The number of halogens is 3. The summed E-state index contributed by atoms with van der Waals surface area (Å²) < 4.78 is 40.4. The third-order valence-electron chi connectivity index (χ3n) is 3.08. The van der Waals surface area contributed by atoms with Crippen LogP contribution in [0.25, 0.3) is 10.9 Å². The third kappa shape index (κ3) is 5.83. The molecule has 3 amide bonds. The number of carbonyl (C=O) groups is 3. The van der Waals surface area contributed by atoms with Gasteiger partial charge in [0.1, 0.15) is 6.54 Å². The molecule has 0 radical (unpaired) electrons. The van der Waals surface area contributed by atoms with Crippen LogP contribution in [0.4, 0.5) is 18.0 Å². The molecule has 3 N–H and O–H groups in total. The number of esters is 1. The van der Waals surface area contributed by atoms with Crippen LogP contribution in [0.1, 0.15) is 5.56 Å². The van der Waals surface area contributed by atoms with Crippen molar-refractivity contribution in [1.29, 1.82) is 0 Å². The standard InChI is InChI=1S/C15H14F3N3O4/c16-15(17,18)8-20-14(24)21-12(22)7-25-13(23)5-9-6-19-11-4-2-1-3-10(9)11/h1-4,6,19H,5,7-8H2,(H2,20,21,22,24). The molecule has 25 heavy (non-hydrogen) atoms. The molecule has 0 aliphatic rings. The number of imide groups is 1. The minimum atomic E-state index is -4.59. The largest absolute Gasteiger partial charge is 0.455 e. The van der Waals surface area contributed by atoms with Crippen LogP contribution in [0.3, 0.4) is 0 Å². The maximum atomic E-state index is 11.9.